The maximum absolute atomic E-state index is 12.4. The number of ether oxygens (including phenoxy) is 2. The zero-order valence-electron chi connectivity index (χ0n) is 22.3. The first kappa shape index (κ1) is 27.5. The van der Waals surface area contributed by atoms with Crippen molar-refractivity contribution in [2.45, 2.75) is 57.8 Å². The number of hydrogen-bond acceptors (Lipinski definition) is 6. The fourth-order valence-corrected chi connectivity index (χ4v) is 5.06. The van der Waals surface area contributed by atoms with E-state index in [1.807, 2.05) is 73.1 Å². The molecule has 0 spiro atoms. The largest absolute Gasteiger partial charge is 0.481 e. The molecule has 1 aromatic heterocycles. The molecule has 4 unspecified atom stereocenters. The number of aliphatic hydroxyl groups excluding tert-OH is 1. The van der Waals surface area contributed by atoms with Gasteiger partial charge in [-0.2, -0.15) is 0 Å². The molecule has 40 heavy (non-hydrogen) atoms. The lowest BCUT2D eigenvalue weighted by molar-refractivity contribution is -0.276. The molecule has 2 heterocycles. The number of aromatic nitrogens is 2. The van der Waals surface area contributed by atoms with Gasteiger partial charge in [0.25, 0.3) is 0 Å². The van der Waals surface area contributed by atoms with Crippen molar-refractivity contribution in [3.63, 3.8) is 0 Å². The SMILES string of the molecule is CC1C(Cn2cnc3ccccc32)OC(c2cccc(NC(=O)CCCC(=O)O)c2)OC1c1ccc(CO)cc1. The number of carboxylic acid groups (broad SMARTS) is 1. The number of para-hydroxylation sites is 2. The summed E-state index contributed by atoms with van der Waals surface area (Å²) in [6, 6.07) is 23.1. The van der Waals surface area contributed by atoms with Gasteiger partial charge in [0.05, 0.1) is 42.7 Å². The second-order valence-corrected chi connectivity index (χ2v) is 10.1. The van der Waals surface area contributed by atoms with E-state index in [0.29, 0.717) is 12.2 Å². The number of carboxylic acids is 1. The van der Waals surface area contributed by atoms with Crippen LogP contribution in [-0.2, 0) is 32.2 Å². The molecule has 1 aliphatic heterocycles. The standard InChI is InChI=1S/C31H33N3O6/c1-20-27(17-34-19-32-25-8-2-3-9-26(25)34)39-31(40-30(20)22-14-12-21(18-35)13-15-22)23-6-4-7-24(16-23)33-28(36)10-5-11-29(37)38/h2-4,6-9,12-16,19-20,27,30-31,35H,5,10-11,17-18H2,1H3,(H,33,36)(H,37,38). The summed E-state index contributed by atoms with van der Waals surface area (Å²) in [4.78, 5) is 27.6. The van der Waals surface area contributed by atoms with Gasteiger partial charge in [-0.3, -0.25) is 9.59 Å². The van der Waals surface area contributed by atoms with Crippen molar-refractivity contribution in [1.29, 1.82) is 0 Å². The van der Waals surface area contributed by atoms with Crippen molar-refractivity contribution in [3.8, 4) is 0 Å². The molecular weight excluding hydrogens is 510 g/mol. The molecule has 0 radical (unpaired) electrons. The van der Waals surface area contributed by atoms with Crippen LogP contribution in [0.3, 0.4) is 0 Å². The van der Waals surface area contributed by atoms with E-state index in [1.165, 1.54) is 0 Å². The van der Waals surface area contributed by atoms with E-state index in [2.05, 4.69) is 21.8 Å². The number of nitrogens with zero attached hydrogens (tertiary/aromatic N) is 2. The first-order valence-corrected chi connectivity index (χ1v) is 13.4. The van der Waals surface area contributed by atoms with Crippen molar-refractivity contribution < 1.29 is 29.3 Å². The van der Waals surface area contributed by atoms with Crippen molar-refractivity contribution in [1.82, 2.24) is 9.55 Å². The molecule has 4 aromatic rings. The molecule has 1 aliphatic rings. The van der Waals surface area contributed by atoms with Gasteiger partial charge in [-0.15, -0.1) is 0 Å². The molecule has 9 nitrogen and oxygen atoms in total. The molecule has 5 rings (SSSR count). The topological polar surface area (TPSA) is 123 Å². The Morgan fingerprint density at radius 1 is 0.975 bits per heavy atom. The average molecular weight is 544 g/mol. The Bertz CT molecular complexity index is 1470. The molecule has 0 bridgehead atoms. The van der Waals surface area contributed by atoms with Gasteiger partial charge in [-0.25, -0.2) is 4.98 Å². The van der Waals surface area contributed by atoms with Gasteiger partial charge >= 0.3 is 5.97 Å². The van der Waals surface area contributed by atoms with Crippen LogP contribution in [0.4, 0.5) is 5.69 Å². The van der Waals surface area contributed by atoms with Crippen molar-refractivity contribution in [2.75, 3.05) is 5.32 Å². The predicted octanol–water partition coefficient (Wildman–Crippen LogP) is 5.21. The number of aliphatic carboxylic acids is 1. The minimum Gasteiger partial charge on any atom is -0.481 e. The van der Waals surface area contributed by atoms with E-state index in [0.717, 1.165) is 27.7 Å². The number of hydrogen-bond donors (Lipinski definition) is 3. The second kappa shape index (κ2) is 12.4. The fraction of sp³-hybridized carbons (Fsp3) is 0.323. The van der Waals surface area contributed by atoms with Gasteiger partial charge in [0.1, 0.15) is 0 Å². The number of carbonyl (C=O) groups excluding carboxylic acids is 1. The molecule has 1 amide bonds. The number of aliphatic hydroxyl groups is 1. The third kappa shape index (κ3) is 6.39. The summed E-state index contributed by atoms with van der Waals surface area (Å²) >= 11 is 0. The van der Waals surface area contributed by atoms with Gasteiger partial charge in [0, 0.05) is 30.0 Å². The number of fused-ring (bicyclic) bond motifs is 1. The van der Waals surface area contributed by atoms with Gasteiger partial charge < -0.3 is 29.6 Å². The van der Waals surface area contributed by atoms with E-state index in [9.17, 15) is 14.7 Å². The number of nitrogens with one attached hydrogen (secondary N) is 1. The van der Waals surface area contributed by atoms with Gasteiger partial charge in [0.15, 0.2) is 6.29 Å². The monoisotopic (exact) mass is 543 g/mol. The summed E-state index contributed by atoms with van der Waals surface area (Å²) < 4.78 is 15.2. The number of carbonyl (C=O) groups is 2. The molecule has 9 heteroatoms. The predicted molar refractivity (Wildman–Crippen MR) is 149 cm³/mol. The zero-order chi connectivity index (χ0) is 28.1. The van der Waals surface area contributed by atoms with Crippen LogP contribution >= 0.6 is 0 Å². The highest BCUT2D eigenvalue weighted by Crippen LogP contribution is 2.42. The van der Waals surface area contributed by atoms with E-state index in [1.54, 1.807) is 6.07 Å². The first-order valence-electron chi connectivity index (χ1n) is 13.4. The highest BCUT2D eigenvalue weighted by Gasteiger charge is 2.38. The van der Waals surface area contributed by atoms with Gasteiger partial charge in [-0.05, 0) is 41.8 Å². The van der Waals surface area contributed by atoms with Crippen LogP contribution in [0.1, 0.15) is 55.3 Å². The lowest BCUT2D eigenvalue weighted by Crippen LogP contribution is -2.39. The lowest BCUT2D eigenvalue weighted by atomic mass is 9.90. The Morgan fingerprint density at radius 2 is 1.77 bits per heavy atom. The molecule has 1 saturated heterocycles. The Balaban J connectivity index is 1.39. The second-order valence-electron chi connectivity index (χ2n) is 10.1. The van der Waals surface area contributed by atoms with Gasteiger partial charge in [0.2, 0.25) is 5.91 Å². The highest BCUT2D eigenvalue weighted by molar-refractivity contribution is 5.91. The lowest BCUT2D eigenvalue weighted by Gasteiger charge is -2.41. The zero-order valence-corrected chi connectivity index (χ0v) is 22.3. The maximum atomic E-state index is 12.4. The molecule has 0 saturated carbocycles. The van der Waals surface area contributed by atoms with Crippen LogP contribution in [0, 0.1) is 5.92 Å². The van der Waals surface area contributed by atoms with E-state index < -0.39 is 12.3 Å². The normalized spacial score (nSPS) is 20.9. The van der Waals surface area contributed by atoms with Crippen molar-refractivity contribution >= 4 is 28.6 Å². The number of anilines is 1. The highest BCUT2D eigenvalue weighted by atomic mass is 16.7. The van der Waals surface area contributed by atoms with Crippen molar-refractivity contribution in [3.05, 3.63) is 95.8 Å². The van der Waals surface area contributed by atoms with Crippen molar-refractivity contribution in [2.24, 2.45) is 5.92 Å². The summed E-state index contributed by atoms with van der Waals surface area (Å²) in [5, 5.41) is 21.2. The minimum atomic E-state index is -0.922. The molecule has 3 aromatic carbocycles. The van der Waals surface area contributed by atoms with Crippen LogP contribution in [0.15, 0.2) is 79.1 Å². The van der Waals surface area contributed by atoms with E-state index >= 15 is 0 Å². The van der Waals surface area contributed by atoms with E-state index in [-0.39, 0.29) is 49.9 Å². The van der Waals surface area contributed by atoms with E-state index in [4.69, 9.17) is 14.6 Å². The molecule has 1 fully saturated rings. The Labute approximate surface area is 232 Å². The number of imidazole rings is 1. The molecule has 4 atom stereocenters. The summed E-state index contributed by atoms with van der Waals surface area (Å²) in [5.74, 6) is -1.17. The third-order valence-electron chi connectivity index (χ3n) is 7.26. The van der Waals surface area contributed by atoms with Crippen LogP contribution in [-0.4, -0.2) is 37.7 Å². The van der Waals surface area contributed by atoms with Crippen LogP contribution in [0.25, 0.3) is 11.0 Å². The number of benzene rings is 3. The first-order chi connectivity index (χ1) is 19.4. The minimum absolute atomic E-state index is 0.00508. The maximum Gasteiger partial charge on any atom is 0.303 e. The fourth-order valence-electron chi connectivity index (χ4n) is 5.06. The third-order valence-corrected chi connectivity index (χ3v) is 7.26. The summed E-state index contributed by atoms with van der Waals surface area (Å²) in [6.45, 7) is 2.66. The van der Waals surface area contributed by atoms with Crippen LogP contribution < -0.4 is 5.32 Å². The Morgan fingerprint density at radius 3 is 2.55 bits per heavy atom. The Hall–Kier alpha value is -4.05. The summed E-state index contributed by atoms with van der Waals surface area (Å²) in [5.41, 5.74) is 5.10. The van der Waals surface area contributed by atoms with Crippen LogP contribution in [0.2, 0.25) is 0 Å². The number of rotatable bonds is 10. The molecule has 208 valence electrons. The average Bonchev–Trinajstić information content (AvgIpc) is 3.37. The number of amides is 1. The quantitative estimate of drug-likeness (QED) is 0.251. The van der Waals surface area contributed by atoms with Crippen LogP contribution in [0.5, 0.6) is 0 Å². The Kier molecular flexibility index (Phi) is 8.54. The molecule has 3 N–H and O–H groups in total. The molecule has 0 aliphatic carbocycles. The molecular formula is C31H33N3O6. The summed E-state index contributed by atoms with van der Waals surface area (Å²) in [7, 11) is 0. The van der Waals surface area contributed by atoms with Gasteiger partial charge in [-0.1, -0.05) is 55.5 Å². The smallest absolute Gasteiger partial charge is 0.303 e. The summed E-state index contributed by atoms with van der Waals surface area (Å²) in [6.07, 6.45) is 0.989.